The van der Waals surface area contributed by atoms with Gasteiger partial charge in [0.1, 0.15) is 12.4 Å². The van der Waals surface area contributed by atoms with Crippen LogP contribution in [0.15, 0.2) is 29.2 Å². The molecule has 2 aromatic rings. The Bertz CT molecular complexity index is 815. The first kappa shape index (κ1) is 17.8. The monoisotopic (exact) mass is 357 g/mol. The molecule has 3 rings (SSSR count). The van der Waals surface area contributed by atoms with Crippen LogP contribution in [0.1, 0.15) is 18.5 Å². The van der Waals surface area contributed by atoms with Crippen LogP contribution >= 0.6 is 0 Å². The van der Waals surface area contributed by atoms with Gasteiger partial charge in [-0.15, -0.1) is 0 Å². The SMILES string of the molecule is Cc1cc(N2CCCC2)nc(NCCNC(=O)Cn2ncccc2=O)n1. The van der Waals surface area contributed by atoms with Gasteiger partial charge in [-0.2, -0.15) is 10.1 Å². The molecule has 9 nitrogen and oxygen atoms in total. The molecule has 0 bridgehead atoms. The van der Waals surface area contributed by atoms with Crippen LogP contribution in [0.5, 0.6) is 0 Å². The lowest BCUT2D eigenvalue weighted by molar-refractivity contribution is -0.121. The van der Waals surface area contributed by atoms with E-state index >= 15 is 0 Å². The van der Waals surface area contributed by atoms with E-state index in [1.165, 1.54) is 25.1 Å². The van der Waals surface area contributed by atoms with Gasteiger partial charge in [0.15, 0.2) is 0 Å². The van der Waals surface area contributed by atoms with Gasteiger partial charge < -0.3 is 15.5 Å². The zero-order valence-electron chi connectivity index (χ0n) is 14.8. The van der Waals surface area contributed by atoms with E-state index in [4.69, 9.17) is 0 Å². The molecule has 2 aromatic heterocycles. The third kappa shape index (κ3) is 4.78. The topological polar surface area (TPSA) is 105 Å². The minimum absolute atomic E-state index is 0.0975. The van der Waals surface area contributed by atoms with Crippen molar-refractivity contribution in [1.82, 2.24) is 25.1 Å². The Morgan fingerprint density at radius 2 is 2.04 bits per heavy atom. The second kappa shape index (κ2) is 8.41. The highest BCUT2D eigenvalue weighted by Crippen LogP contribution is 2.19. The highest BCUT2D eigenvalue weighted by atomic mass is 16.2. The Balaban J connectivity index is 1.47. The van der Waals surface area contributed by atoms with Crippen molar-refractivity contribution in [2.75, 3.05) is 36.4 Å². The van der Waals surface area contributed by atoms with Gasteiger partial charge in [-0.1, -0.05) is 0 Å². The van der Waals surface area contributed by atoms with E-state index in [-0.39, 0.29) is 18.0 Å². The van der Waals surface area contributed by atoms with Crippen LogP contribution in [0, 0.1) is 6.92 Å². The molecule has 0 radical (unpaired) electrons. The minimum atomic E-state index is -0.302. The number of hydrogen-bond donors (Lipinski definition) is 2. The van der Waals surface area contributed by atoms with Crippen molar-refractivity contribution in [3.05, 3.63) is 40.4 Å². The van der Waals surface area contributed by atoms with Crippen molar-refractivity contribution >= 4 is 17.7 Å². The number of carbonyl (C=O) groups is 1. The summed E-state index contributed by atoms with van der Waals surface area (Å²) in [5.41, 5.74) is 0.603. The molecular formula is C17H23N7O2. The average Bonchev–Trinajstić information content (AvgIpc) is 3.15. The van der Waals surface area contributed by atoms with Gasteiger partial charge in [0.25, 0.3) is 5.56 Å². The lowest BCUT2D eigenvalue weighted by atomic mass is 10.4. The van der Waals surface area contributed by atoms with Gasteiger partial charge in [-0.3, -0.25) is 9.59 Å². The van der Waals surface area contributed by atoms with E-state index < -0.39 is 0 Å². The predicted octanol–water partition coefficient (Wildman–Crippen LogP) is 0.170. The fourth-order valence-electron chi connectivity index (χ4n) is 2.81. The molecule has 26 heavy (non-hydrogen) atoms. The number of hydrogen-bond acceptors (Lipinski definition) is 7. The van der Waals surface area contributed by atoms with Gasteiger partial charge in [-0.25, -0.2) is 9.67 Å². The second-order valence-corrected chi connectivity index (χ2v) is 6.18. The number of amides is 1. The normalized spacial score (nSPS) is 13.7. The van der Waals surface area contributed by atoms with Gasteiger partial charge in [0.05, 0.1) is 0 Å². The lowest BCUT2D eigenvalue weighted by Gasteiger charge is -2.17. The highest BCUT2D eigenvalue weighted by Gasteiger charge is 2.15. The summed E-state index contributed by atoms with van der Waals surface area (Å²) in [6.07, 6.45) is 3.86. The van der Waals surface area contributed by atoms with Gasteiger partial charge in [0, 0.05) is 50.2 Å². The highest BCUT2D eigenvalue weighted by molar-refractivity contribution is 5.75. The Morgan fingerprint density at radius 3 is 2.81 bits per heavy atom. The molecule has 1 aliphatic rings. The van der Waals surface area contributed by atoms with E-state index in [2.05, 4.69) is 30.6 Å². The van der Waals surface area contributed by atoms with Crippen molar-refractivity contribution in [3.8, 4) is 0 Å². The molecule has 0 aliphatic carbocycles. The van der Waals surface area contributed by atoms with Crippen LogP contribution in [0.2, 0.25) is 0 Å². The Hall–Kier alpha value is -2.97. The van der Waals surface area contributed by atoms with Crippen molar-refractivity contribution in [2.45, 2.75) is 26.3 Å². The van der Waals surface area contributed by atoms with Crippen molar-refractivity contribution in [2.24, 2.45) is 0 Å². The molecule has 1 aliphatic heterocycles. The van der Waals surface area contributed by atoms with E-state index in [1.54, 1.807) is 6.07 Å². The number of rotatable bonds is 7. The molecule has 0 atom stereocenters. The molecule has 0 unspecified atom stereocenters. The largest absolute Gasteiger partial charge is 0.356 e. The summed E-state index contributed by atoms with van der Waals surface area (Å²) in [5.74, 6) is 1.23. The Morgan fingerprint density at radius 1 is 1.23 bits per heavy atom. The summed E-state index contributed by atoms with van der Waals surface area (Å²) >= 11 is 0. The van der Waals surface area contributed by atoms with Crippen LogP contribution in [-0.4, -0.2) is 51.8 Å². The molecule has 3 heterocycles. The standard InChI is InChI=1S/C17H23N7O2/c1-13-11-14(23-9-2-3-10-23)22-17(21-13)19-8-7-18-15(25)12-24-16(26)5-4-6-20-24/h4-6,11H,2-3,7-10,12H2,1H3,(H,18,25)(H,19,21,22). The van der Waals surface area contributed by atoms with E-state index in [0.29, 0.717) is 19.0 Å². The number of carbonyl (C=O) groups excluding carboxylic acids is 1. The van der Waals surface area contributed by atoms with E-state index in [9.17, 15) is 9.59 Å². The summed E-state index contributed by atoms with van der Waals surface area (Å²) in [4.78, 5) is 34.6. The average molecular weight is 357 g/mol. The third-order valence-electron chi connectivity index (χ3n) is 4.08. The number of aromatic nitrogens is 4. The van der Waals surface area contributed by atoms with Crippen molar-refractivity contribution in [1.29, 1.82) is 0 Å². The maximum Gasteiger partial charge on any atom is 0.267 e. The molecular weight excluding hydrogens is 334 g/mol. The smallest absolute Gasteiger partial charge is 0.267 e. The summed E-state index contributed by atoms with van der Waals surface area (Å²) in [6, 6.07) is 4.90. The van der Waals surface area contributed by atoms with Gasteiger partial charge in [0.2, 0.25) is 11.9 Å². The molecule has 1 amide bonds. The maximum atomic E-state index is 11.9. The number of anilines is 2. The van der Waals surface area contributed by atoms with Crippen molar-refractivity contribution in [3.63, 3.8) is 0 Å². The predicted molar refractivity (Wildman–Crippen MR) is 98.2 cm³/mol. The first-order chi connectivity index (χ1) is 12.6. The molecule has 138 valence electrons. The number of aryl methyl sites for hydroxylation is 1. The van der Waals surface area contributed by atoms with Gasteiger partial charge >= 0.3 is 0 Å². The number of nitrogens with one attached hydrogen (secondary N) is 2. The lowest BCUT2D eigenvalue weighted by Crippen LogP contribution is -2.35. The summed E-state index contributed by atoms with van der Waals surface area (Å²) in [5, 5.41) is 9.73. The summed E-state index contributed by atoms with van der Waals surface area (Å²) in [7, 11) is 0. The van der Waals surface area contributed by atoms with E-state index in [0.717, 1.165) is 29.3 Å². The molecule has 1 fully saturated rings. The zero-order valence-corrected chi connectivity index (χ0v) is 14.8. The zero-order chi connectivity index (χ0) is 18.4. The fraction of sp³-hybridized carbons (Fsp3) is 0.471. The Kier molecular flexibility index (Phi) is 5.77. The molecule has 9 heteroatoms. The first-order valence-corrected chi connectivity index (χ1v) is 8.75. The first-order valence-electron chi connectivity index (χ1n) is 8.75. The Labute approximate surface area is 151 Å². The number of nitrogens with zero attached hydrogens (tertiary/aromatic N) is 5. The maximum absolute atomic E-state index is 11.9. The summed E-state index contributed by atoms with van der Waals surface area (Å²) < 4.78 is 1.12. The van der Waals surface area contributed by atoms with Gasteiger partial charge in [-0.05, 0) is 25.8 Å². The van der Waals surface area contributed by atoms with Crippen LogP contribution in [-0.2, 0) is 11.3 Å². The van der Waals surface area contributed by atoms with E-state index in [1.807, 2.05) is 13.0 Å². The van der Waals surface area contributed by atoms with Crippen LogP contribution in [0.25, 0.3) is 0 Å². The second-order valence-electron chi connectivity index (χ2n) is 6.18. The van der Waals surface area contributed by atoms with Crippen LogP contribution in [0.4, 0.5) is 11.8 Å². The quantitative estimate of drug-likeness (QED) is 0.681. The molecule has 0 aromatic carbocycles. The molecule has 0 spiro atoms. The summed E-state index contributed by atoms with van der Waals surface area (Å²) in [6.45, 7) is 4.79. The van der Waals surface area contributed by atoms with Crippen LogP contribution in [0.3, 0.4) is 0 Å². The molecule has 1 saturated heterocycles. The van der Waals surface area contributed by atoms with Crippen molar-refractivity contribution < 1.29 is 4.79 Å². The minimum Gasteiger partial charge on any atom is -0.356 e. The molecule has 0 saturated carbocycles. The molecule has 2 N–H and O–H groups in total. The fourth-order valence-corrected chi connectivity index (χ4v) is 2.81. The third-order valence-corrected chi connectivity index (χ3v) is 4.08. The van der Waals surface area contributed by atoms with Crippen LogP contribution < -0.4 is 21.1 Å².